The number of nitrogens with zero attached hydrogens (tertiary/aromatic N) is 4. The van der Waals surface area contributed by atoms with Crippen LogP contribution in [-0.2, 0) is 11.0 Å². The smallest absolute Gasteiger partial charge is 0.370 e. The fourth-order valence-electron chi connectivity index (χ4n) is 2.81. The summed E-state index contributed by atoms with van der Waals surface area (Å²) in [6.07, 6.45) is -2.84. The summed E-state index contributed by atoms with van der Waals surface area (Å²) in [5.74, 6) is 1.31. The third-order valence-corrected chi connectivity index (χ3v) is 4.35. The van der Waals surface area contributed by atoms with Gasteiger partial charge < -0.3 is 20.4 Å². The van der Waals surface area contributed by atoms with E-state index < -0.39 is 11.7 Å². The minimum Gasteiger partial charge on any atom is -0.370 e. The number of guanidine groups is 1. The van der Waals surface area contributed by atoms with E-state index in [1.165, 1.54) is 6.07 Å². The minimum atomic E-state index is -4.38. The molecule has 0 radical (unpaired) electrons. The second-order valence-electron chi connectivity index (χ2n) is 6.44. The molecular formula is C18H27F3N6O. The van der Waals surface area contributed by atoms with Gasteiger partial charge in [0, 0.05) is 58.9 Å². The van der Waals surface area contributed by atoms with E-state index in [9.17, 15) is 18.0 Å². The molecule has 1 aliphatic heterocycles. The Hall–Kier alpha value is -2.52. The number of aliphatic imine (C=N–C) groups is 1. The maximum absolute atomic E-state index is 12.5. The average molecular weight is 400 g/mol. The molecular weight excluding hydrogens is 373 g/mol. The molecule has 0 bridgehead atoms. The Bertz CT molecular complexity index is 654. The van der Waals surface area contributed by atoms with Crippen molar-refractivity contribution in [1.29, 1.82) is 0 Å². The van der Waals surface area contributed by atoms with Crippen molar-refractivity contribution in [3.05, 3.63) is 23.9 Å². The first-order valence-electron chi connectivity index (χ1n) is 9.37. The minimum absolute atomic E-state index is 0.0875. The van der Waals surface area contributed by atoms with Gasteiger partial charge in [0.2, 0.25) is 5.91 Å². The van der Waals surface area contributed by atoms with E-state index in [1.807, 2.05) is 11.8 Å². The number of carbonyl (C=O) groups is 1. The zero-order chi connectivity index (χ0) is 20.6. The van der Waals surface area contributed by atoms with E-state index in [4.69, 9.17) is 0 Å². The standard InChI is InChI=1S/C18H27F3N6O/c1-3-22-17(27-11-9-26(10-12-27)14(2)28)24-8-4-7-23-16-6-5-15(13-25-16)18(19,20)21/h5-6,13H,3-4,7-12H2,1-2H3,(H,22,24)(H,23,25). The van der Waals surface area contributed by atoms with Crippen molar-refractivity contribution in [1.82, 2.24) is 20.1 Å². The summed E-state index contributed by atoms with van der Waals surface area (Å²) in [6.45, 7) is 8.29. The highest BCUT2D eigenvalue weighted by Crippen LogP contribution is 2.28. The largest absolute Gasteiger partial charge is 0.417 e. The number of pyridine rings is 1. The summed E-state index contributed by atoms with van der Waals surface area (Å²) >= 11 is 0. The first-order valence-corrected chi connectivity index (χ1v) is 9.37. The highest BCUT2D eigenvalue weighted by Gasteiger charge is 2.30. The van der Waals surface area contributed by atoms with Crippen molar-refractivity contribution in [2.45, 2.75) is 26.4 Å². The Labute approximate surface area is 163 Å². The van der Waals surface area contributed by atoms with Crippen LogP contribution in [0, 0.1) is 0 Å². The van der Waals surface area contributed by atoms with Crippen molar-refractivity contribution >= 4 is 17.7 Å². The van der Waals surface area contributed by atoms with Crippen LogP contribution in [0.15, 0.2) is 23.3 Å². The highest BCUT2D eigenvalue weighted by atomic mass is 19.4. The predicted octanol–water partition coefficient (Wildman–Crippen LogP) is 2.03. The molecule has 156 valence electrons. The molecule has 0 atom stereocenters. The summed E-state index contributed by atoms with van der Waals surface area (Å²) in [4.78, 5) is 23.8. The Morgan fingerprint density at radius 1 is 1.21 bits per heavy atom. The highest BCUT2D eigenvalue weighted by molar-refractivity contribution is 5.80. The number of anilines is 1. The molecule has 1 aromatic rings. The van der Waals surface area contributed by atoms with E-state index in [1.54, 1.807) is 6.92 Å². The van der Waals surface area contributed by atoms with E-state index in [2.05, 4.69) is 25.5 Å². The van der Waals surface area contributed by atoms with Gasteiger partial charge in [0.15, 0.2) is 5.96 Å². The van der Waals surface area contributed by atoms with Crippen LogP contribution < -0.4 is 10.6 Å². The van der Waals surface area contributed by atoms with Gasteiger partial charge in [0.05, 0.1) is 5.56 Å². The van der Waals surface area contributed by atoms with E-state index in [0.717, 1.165) is 37.9 Å². The molecule has 0 aromatic carbocycles. The van der Waals surface area contributed by atoms with Crippen molar-refractivity contribution in [2.24, 2.45) is 4.99 Å². The van der Waals surface area contributed by atoms with Crippen LogP contribution in [0.3, 0.4) is 0 Å². The molecule has 0 aliphatic carbocycles. The van der Waals surface area contributed by atoms with Crippen LogP contribution in [0.25, 0.3) is 0 Å². The van der Waals surface area contributed by atoms with Gasteiger partial charge in [-0.05, 0) is 25.5 Å². The van der Waals surface area contributed by atoms with E-state index in [0.29, 0.717) is 38.4 Å². The zero-order valence-electron chi connectivity index (χ0n) is 16.2. The topological polar surface area (TPSA) is 72.9 Å². The molecule has 1 amide bonds. The van der Waals surface area contributed by atoms with E-state index >= 15 is 0 Å². The normalized spacial score (nSPS) is 15.5. The summed E-state index contributed by atoms with van der Waals surface area (Å²) in [7, 11) is 0. The number of hydrogen-bond donors (Lipinski definition) is 2. The van der Waals surface area contributed by atoms with Gasteiger partial charge in [0.25, 0.3) is 0 Å². The number of alkyl halides is 3. The van der Waals surface area contributed by atoms with Crippen molar-refractivity contribution in [3.63, 3.8) is 0 Å². The fourth-order valence-corrected chi connectivity index (χ4v) is 2.81. The molecule has 0 spiro atoms. The number of carbonyl (C=O) groups excluding carboxylic acids is 1. The third kappa shape index (κ3) is 6.58. The quantitative estimate of drug-likeness (QED) is 0.434. The molecule has 1 aliphatic rings. The van der Waals surface area contributed by atoms with Gasteiger partial charge in [-0.1, -0.05) is 0 Å². The maximum Gasteiger partial charge on any atom is 0.417 e. The molecule has 2 rings (SSSR count). The van der Waals surface area contributed by atoms with Gasteiger partial charge in [-0.2, -0.15) is 13.2 Å². The predicted molar refractivity (Wildman–Crippen MR) is 102 cm³/mol. The number of rotatable bonds is 6. The first-order chi connectivity index (χ1) is 13.3. The first kappa shape index (κ1) is 21.8. The lowest BCUT2D eigenvalue weighted by Crippen LogP contribution is -2.53. The van der Waals surface area contributed by atoms with Gasteiger partial charge >= 0.3 is 6.18 Å². The number of aromatic nitrogens is 1. The second-order valence-corrected chi connectivity index (χ2v) is 6.44. The van der Waals surface area contributed by atoms with Crippen LogP contribution in [0.1, 0.15) is 25.8 Å². The number of halogens is 3. The Morgan fingerprint density at radius 3 is 2.43 bits per heavy atom. The lowest BCUT2D eigenvalue weighted by molar-refractivity contribution is -0.137. The van der Waals surface area contributed by atoms with Crippen LogP contribution in [0.4, 0.5) is 19.0 Å². The number of amides is 1. The van der Waals surface area contributed by atoms with Crippen LogP contribution >= 0.6 is 0 Å². The summed E-state index contributed by atoms with van der Waals surface area (Å²) in [5.41, 5.74) is -0.761. The molecule has 0 unspecified atom stereocenters. The molecule has 1 saturated heterocycles. The summed E-state index contributed by atoms with van der Waals surface area (Å²) < 4.78 is 37.6. The lowest BCUT2D eigenvalue weighted by Gasteiger charge is -2.36. The SMILES string of the molecule is CCNC(=NCCCNc1ccc(C(F)(F)F)cn1)N1CCN(C(C)=O)CC1. The molecule has 10 heteroatoms. The molecule has 28 heavy (non-hydrogen) atoms. The Morgan fingerprint density at radius 2 is 1.89 bits per heavy atom. The monoisotopic (exact) mass is 400 g/mol. The summed E-state index contributed by atoms with van der Waals surface area (Å²) in [6, 6.07) is 2.34. The second kappa shape index (κ2) is 10.1. The molecule has 2 N–H and O–H groups in total. The van der Waals surface area contributed by atoms with Crippen molar-refractivity contribution < 1.29 is 18.0 Å². The molecule has 1 aromatic heterocycles. The maximum atomic E-state index is 12.5. The van der Waals surface area contributed by atoms with E-state index in [-0.39, 0.29) is 5.91 Å². The molecule has 1 fully saturated rings. The third-order valence-electron chi connectivity index (χ3n) is 4.35. The number of piperazine rings is 1. The van der Waals surface area contributed by atoms with Crippen molar-refractivity contribution in [2.75, 3.05) is 51.1 Å². The number of hydrogen-bond acceptors (Lipinski definition) is 4. The van der Waals surface area contributed by atoms with Crippen LogP contribution in [0.2, 0.25) is 0 Å². The van der Waals surface area contributed by atoms with Gasteiger partial charge in [-0.3, -0.25) is 9.79 Å². The average Bonchev–Trinajstić information content (AvgIpc) is 2.66. The summed E-state index contributed by atoms with van der Waals surface area (Å²) in [5, 5.41) is 6.26. The van der Waals surface area contributed by atoms with Gasteiger partial charge in [-0.25, -0.2) is 4.98 Å². The van der Waals surface area contributed by atoms with Gasteiger partial charge in [0.1, 0.15) is 5.82 Å². The molecule has 0 saturated carbocycles. The Kier molecular flexibility index (Phi) is 7.89. The molecule has 2 heterocycles. The fraction of sp³-hybridized carbons (Fsp3) is 0.611. The van der Waals surface area contributed by atoms with Gasteiger partial charge in [-0.15, -0.1) is 0 Å². The lowest BCUT2D eigenvalue weighted by atomic mass is 10.3. The van der Waals surface area contributed by atoms with Crippen molar-refractivity contribution in [3.8, 4) is 0 Å². The Balaban J connectivity index is 1.77. The molecule has 7 nitrogen and oxygen atoms in total. The van der Waals surface area contributed by atoms with Crippen LogP contribution in [-0.4, -0.2) is 72.5 Å². The number of nitrogens with one attached hydrogen (secondary N) is 2. The zero-order valence-corrected chi connectivity index (χ0v) is 16.2. The van der Waals surface area contributed by atoms with Crippen LogP contribution in [0.5, 0.6) is 0 Å².